The summed E-state index contributed by atoms with van der Waals surface area (Å²) >= 11 is 0. The van der Waals surface area contributed by atoms with Crippen molar-refractivity contribution in [3.8, 4) is 0 Å². The summed E-state index contributed by atoms with van der Waals surface area (Å²) in [6.07, 6.45) is 2.38. The van der Waals surface area contributed by atoms with Crippen molar-refractivity contribution in [2.75, 3.05) is 11.9 Å². The second-order valence-corrected chi connectivity index (χ2v) is 5.52. The molecule has 2 aliphatic heterocycles. The largest absolute Gasteiger partial charge is 0.348 e. The fraction of sp³-hybridized carbons (Fsp3) is 0.467. The molecule has 3 N–H and O–H groups in total. The monoisotopic (exact) mass is 273 g/mol. The number of anilines is 1. The summed E-state index contributed by atoms with van der Waals surface area (Å²) in [6, 6.07) is 5.75. The summed E-state index contributed by atoms with van der Waals surface area (Å²) in [7, 11) is 0. The first-order valence-electron chi connectivity index (χ1n) is 7.10. The highest BCUT2D eigenvalue weighted by atomic mass is 16.2. The predicted molar refractivity (Wildman–Crippen MR) is 76.4 cm³/mol. The van der Waals surface area contributed by atoms with Crippen LogP contribution in [0.5, 0.6) is 0 Å². The lowest BCUT2D eigenvalue weighted by molar-refractivity contribution is -0.123. The summed E-state index contributed by atoms with van der Waals surface area (Å²) in [4.78, 5) is 23.4. The second kappa shape index (κ2) is 5.25. The van der Waals surface area contributed by atoms with Crippen LogP contribution in [0.15, 0.2) is 18.2 Å². The third-order valence-electron chi connectivity index (χ3n) is 3.99. The van der Waals surface area contributed by atoms with Gasteiger partial charge in [-0.05, 0) is 43.5 Å². The molecule has 106 valence electrons. The van der Waals surface area contributed by atoms with Gasteiger partial charge < -0.3 is 16.0 Å². The molecule has 2 atom stereocenters. The van der Waals surface area contributed by atoms with Gasteiger partial charge in [-0.1, -0.05) is 12.1 Å². The molecule has 3 rings (SSSR count). The molecular weight excluding hydrogens is 254 g/mol. The first-order chi connectivity index (χ1) is 9.63. The van der Waals surface area contributed by atoms with Gasteiger partial charge in [0.1, 0.15) is 0 Å². The van der Waals surface area contributed by atoms with Crippen molar-refractivity contribution in [2.24, 2.45) is 0 Å². The molecule has 0 bridgehead atoms. The Balaban J connectivity index is 1.68. The average Bonchev–Trinajstić information content (AvgIpc) is 3.05. The Bertz CT molecular complexity index is 550. The number of nitrogens with one attached hydrogen (secondary N) is 3. The van der Waals surface area contributed by atoms with E-state index in [0.717, 1.165) is 36.2 Å². The standard InChI is InChI=1S/C15H19N3O2/c1-9(17-15(20)13-3-2-6-16-13)10-4-5-12-11(7-10)8-14(19)18-12/h4-5,7,9,13,16H,2-3,6,8H2,1H3,(H,17,20)(H,18,19). The molecule has 1 aromatic rings. The lowest BCUT2D eigenvalue weighted by Gasteiger charge is -2.18. The van der Waals surface area contributed by atoms with E-state index in [1.54, 1.807) is 0 Å². The zero-order valence-electron chi connectivity index (χ0n) is 11.5. The van der Waals surface area contributed by atoms with Crippen LogP contribution in [0.25, 0.3) is 0 Å². The highest BCUT2D eigenvalue weighted by Crippen LogP contribution is 2.26. The molecule has 1 saturated heterocycles. The van der Waals surface area contributed by atoms with E-state index < -0.39 is 0 Å². The van der Waals surface area contributed by atoms with E-state index in [0.29, 0.717) is 6.42 Å². The maximum atomic E-state index is 12.1. The first kappa shape index (κ1) is 13.1. The SMILES string of the molecule is CC(NC(=O)C1CCCN1)c1ccc2c(c1)CC(=O)N2. The summed E-state index contributed by atoms with van der Waals surface area (Å²) < 4.78 is 0. The fourth-order valence-electron chi connectivity index (χ4n) is 2.82. The molecule has 2 amide bonds. The van der Waals surface area contributed by atoms with Gasteiger partial charge in [0, 0.05) is 5.69 Å². The summed E-state index contributed by atoms with van der Waals surface area (Å²) in [5.41, 5.74) is 2.92. The Morgan fingerprint density at radius 2 is 2.30 bits per heavy atom. The number of carbonyl (C=O) groups excluding carboxylic acids is 2. The van der Waals surface area contributed by atoms with Gasteiger partial charge in [0.05, 0.1) is 18.5 Å². The Labute approximate surface area is 118 Å². The molecular formula is C15H19N3O2. The molecule has 0 spiro atoms. The highest BCUT2D eigenvalue weighted by molar-refractivity contribution is 5.99. The minimum Gasteiger partial charge on any atom is -0.348 e. The average molecular weight is 273 g/mol. The van der Waals surface area contributed by atoms with Gasteiger partial charge in [-0.25, -0.2) is 0 Å². The minimum absolute atomic E-state index is 0.0315. The lowest BCUT2D eigenvalue weighted by atomic mass is 10.0. The van der Waals surface area contributed by atoms with Crippen LogP contribution in [0, 0.1) is 0 Å². The molecule has 0 aromatic heterocycles. The van der Waals surface area contributed by atoms with Gasteiger partial charge >= 0.3 is 0 Å². The van der Waals surface area contributed by atoms with E-state index in [-0.39, 0.29) is 23.9 Å². The molecule has 1 aromatic carbocycles. The fourth-order valence-corrected chi connectivity index (χ4v) is 2.82. The molecule has 5 nitrogen and oxygen atoms in total. The Morgan fingerprint density at radius 1 is 1.45 bits per heavy atom. The zero-order chi connectivity index (χ0) is 14.1. The number of rotatable bonds is 3. The third-order valence-corrected chi connectivity index (χ3v) is 3.99. The maximum Gasteiger partial charge on any atom is 0.237 e. The van der Waals surface area contributed by atoms with E-state index in [4.69, 9.17) is 0 Å². The smallest absolute Gasteiger partial charge is 0.237 e. The van der Waals surface area contributed by atoms with E-state index >= 15 is 0 Å². The maximum absolute atomic E-state index is 12.1. The van der Waals surface area contributed by atoms with Gasteiger partial charge in [0.2, 0.25) is 11.8 Å². The number of fused-ring (bicyclic) bond motifs is 1. The summed E-state index contributed by atoms with van der Waals surface area (Å²) in [5.74, 6) is 0.0914. The van der Waals surface area contributed by atoms with Crippen LogP contribution in [-0.4, -0.2) is 24.4 Å². The molecule has 20 heavy (non-hydrogen) atoms. The molecule has 0 radical (unpaired) electrons. The first-order valence-corrected chi connectivity index (χ1v) is 7.10. The number of carbonyl (C=O) groups is 2. The predicted octanol–water partition coefficient (Wildman–Crippen LogP) is 1.11. The van der Waals surface area contributed by atoms with Crippen LogP contribution < -0.4 is 16.0 Å². The van der Waals surface area contributed by atoms with Gasteiger partial charge in [0.25, 0.3) is 0 Å². The van der Waals surface area contributed by atoms with Crippen molar-refractivity contribution >= 4 is 17.5 Å². The zero-order valence-corrected chi connectivity index (χ0v) is 11.5. The molecule has 0 aliphatic carbocycles. The minimum atomic E-state index is -0.0601. The van der Waals surface area contributed by atoms with Gasteiger partial charge in [-0.15, -0.1) is 0 Å². The number of hydrogen-bond donors (Lipinski definition) is 3. The van der Waals surface area contributed by atoms with Crippen LogP contribution in [0.3, 0.4) is 0 Å². The summed E-state index contributed by atoms with van der Waals surface area (Å²) in [6.45, 7) is 2.89. The molecule has 5 heteroatoms. The van der Waals surface area contributed by atoms with Crippen molar-refractivity contribution in [3.63, 3.8) is 0 Å². The van der Waals surface area contributed by atoms with Crippen LogP contribution in [0.2, 0.25) is 0 Å². The Hall–Kier alpha value is -1.88. The number of amides is 2. The molecule has 2 aliphatic rings. The van der Waals surface area contributed by atoms with Crippen molar-refractivity contribution in [3.05, 3.63) is 29.3 Å². The molecule has 1 fully saturated rings. The number of benzene rings is 1. The second-order valence-electron chi connectivity index (χ2n) is 5.52. The Kier molecular flexibility index (Phi) is 3.44. The quantitative estimate of drug-likeness (QED) is 0.772. The van der Waals surface area contributed by atoms with Crippen LogP contribution in [0.4, 0.5) is 5.69 Å². The molecule has 2 heterocycles. The van der Waals surface area contributed by atoms with Gasteiger partial charge in [-0.2, -0.15) is 0 Å². The number of hydrogen-bond acceptors (Lipinski definition) is 3. The molecule has 0 saturated carbocycles. The van der Waals surface area contributed by atoms with E-state index in [1.807, 2.05) is 25.1 Å². The van der Waals surface area contributed by atoms with Crippen molar-refractivity contribution < 1.29 is 9.59 Å². The van der Waals surface area contributed by atoms with Crippen LogP contribution in [0.1, 0.15) is 36.9 Å². The van der Waals surface area contributed by atoms with Crippen LogP contribution >= 0.6 is 0 Å². The van der Waals surface area contributed by atoms with Gasteiger partial charge in [0.15, 0.2) is 0 Å². The Morgan fingerprint density at radius 3 is 3.05 bits per heavy atom. The van der Waals surface area contributed by atoms with Crippen molar-refractivity contribution in [1.29, 1.82) is 0 Å². The van der Waals surface area contributed by atoms with Crippen LogP contribution in [-0.2, 0) is 16.0 Å². The lowest BCUT2D eigenvalue weighted by Crippen LogP contribution is -2.41. The summed E-state index contributed by atoms with van der Waals surface area (Å²) in [5, 5.41) is 9.04. The van der Waals surface area contributed by atoms with Crippen molar-refractivity contribution in [1.82, 2.24) is 10.6 Å². The van der Waals surface area contributed by atoms with E-state index in [1.165, 1.54) is 0 Å². The topological polar surface area (TPSA) is 70.2 Å². The van der Waals surface area contributed by atoms with Gasteiger partial charge in [-0.3, -0.25) is 9.59 Å². The van der Waals surface area contributed by atoms with E-state index in [2.05, 4.69) is 16.0 Å². The van der Waals surface area contributed by atoms with E-state index in [9.17, 15) is 9.59 Å². The van der Waals surface area contributed by atoms with Crippen molar-refractivity contribution in [2.45, 2.75) is 38.3 Å². The highest BCUT2D eigenvalue weighted by Gasteiger charge is 2.24. The molecule has 2 unspecified atom stereocenters. The third kappa shape index (κ3) is 2.54. The normalized spacial score (nSPS) is 22.2.